The topological polar surface area (TPSA) is 61.9 Å². The van der Waals surface area contributed by atoms with Crippen molar-refractivity contribution in [1.29, 1.82) is 0 Å². The van der Waals surface area contributed by atoms with E-state index < -0.39 is 0 Å². The molecule has 1 aliphatic heterocycles. The molecule has 20 heavy (non-hydrogen) atoms. The third kappa shape index (κ3) is 1.46. The van der Waals surface area contributed by atoms with Crippen LogP contribution in [0.5, 0.6) is 5.75 Å². The molecule has 7 heteroatoms. The summed E-state index contributed by atoms with van der Waals surface area (Å²) < 4.78 is 9.48. The van der Waals surface area contributed by atoms with E-state index in [4.69, 9.17) is 4.74 Å². The van der Waals surface area contributed by atoms with Gasteiger partial charge in [0.2, 0.25) is 0 Å². The van der Waals surface area contributed by atoms with E-state index in [-0.39, 0.29) is 12.2 Å². The minimum atomic E-state index is -0.136. The van der Waals surface area contributed by atoms with Gasteiger partial charge in [0.15, 0.2) is 5.82 Å². The van der Waals surface area contributed by atoms with Crippen molar-refractivity contribution in [2.24, 2.45) is 7.05 Å². The quantitative estimate of drug-likeness (QED) is 0.629. The summed E-state index contributed by atoms with van der Waals surface area (Å²) in [5.74, 6) is 1.25. The molecule has 0 aliphatic carbocycles. The number of rotatable bonds is 0. The van der Waals surface area contributed by atoms with E-state index in [9.17, 15) is 4.79 Å². The van der Waals surface area contributed by atoms with Crippen LogP contribution in [0.4, 0.5) is 0 Å². The molecule has 3 heterocycles. The number of ether oxygens (including phenoxy) is 1. The summed E-state index contributed by atoms with van der Waals surface area (Å²) in [5, 5.41) is 5.17. The second-order valence-electron chi connectivity index (χ2n) is 4.60. The lowest BCUT2D eigenvalue weighted by Gasteiger charge is -2.21. The average molecular weight is 333 g/mol. The van der Waals surface area contributed by atoms with Crippen molar-refractivity contribution in [1.82, 2.24) is 19.3 Å². The molecule has 100 valence electrons. The lowest BCUT2D eigenvalue weighted by Crippen LogP contribution is -2.28. The Bertz CT molecular complexity index is 913. The first kappa shape index (κ1) is 11.7. The Morgan fingerprint density at radius 1 is 1.35 bits per heavy atom. The van der Waals surface area contributed by atoms with Gasteiger partial charge < -0.3 is 4.74 Å². The van der Waals surface area contributed by atoms with Crippen LogP contribution in [0, 0.1) is 0 Å². The molecule has 0 spiro atoms. The Kier molecular flexibility index (Phi) is 2.29. The fourth-order valence-electron chi connectivity index (χ4n) is 2.42. The molecule has 0 unspecified atom stereocenters. The fraction of sp³-hybridized carbons (Fsp3) is 0.154. The normalized spacial score (nSPS) is 12.9. The van der Waals surface area contributed by atoms with E-state index in [0.29, 0.717) is 21.7 Å². The number of aromatic nitrogens is 4. The molecule has 0 saturated heterocycles. The van der Waals surface area contributed by atoms with E-state index in [1.54, 1.807) is 15.4 Å². The first-order valence-electron chi connectivity index (χ1n) is 6.00. The van der Waals surface area contributed by atoms with Gasteiger partial charge in [0.25, 0.3) is 5.56 Å². The van der Waals surface area contributed by atoms with Crippen molar-refractivity contribution in [2.45, 2.75) is 6.61 Å². The van der Waals surface area contributed by atoms with Crippen LogP contribution in [0.2, 0.25) is 0 Å². The molecule has 0 bridgehead atoms. The van der Waals surface area contributed by atoms with Gasteiger partial charge in [-0.05, 0) is 22.0 Å². The molecule has 0 atom stereocenters. The van der Waals surface area contributed by atoms with Crippen LogP contribution in [0.25, 0.3) is 16.6 Å². The van der Waals surface area contributed by atoms with Crippen molar-refractivity contribution in [3.05, 3.63) is 45.2 Å². The lowest BCUT2D eigenvalue weighted by molar-refractivity contribution is 0.276. The van der Waals surface area contributed by atoms with Crippen LogP contribution in [-0.2, 0) is 13.7 Å². The van der Waals surface area contributed by atoms with Gasteiger partial charge in [-0.25, -0.2) is 4.98 Å². The van der Waals surface area contributed by atoms with Gasteiger partial charge in [0, 0.05) is 24.7 Å². The molecular weight excluding hydrogens is 324 g/mol. The molecule has 0 amide bonds. The molecule has 6 nitrogen and oxygen atoms in total. The molecule has 0 saturated carbocycles. The summed E-state index contributed by atoms with van der Waals surface area (Å²) in [6.45, 7) is 0.277. The van der Waals surface area contributed by atoms with Crippen molar-refractivity contribution >= 4 is 26.8 Å². The molecule has 4 rings (SSSR count). The lowest BCUT2D eigenvalue weighted by atomic mass is 10.2. The highest BCUT2D eigenvalue weighted by atomic mass is 79.9. The van der Waals surface area contributed by atoms with E-state index in [2.05, 4.69) is 26.0 Å². The maximum absolute atomic E-state index is 12.3. The number of nitrogens with zero attached hydrogens (tertiary/aromatic N) is 4. The summed E-state index contributed by atoms with van der Waals surface area (Å²) in [6.07, 6.45) is 3.27. The van der Waals surface area contributed by atoms with Gasteiger partial charge in [0.05, 0.1) is 17.4 Å². The second kappa shape index (κ2) is 3.92. The smallest absolute Gasteiger partial charge is 0.272 e. The largest absolute Gasteiger partial charge is 0.483 e. The van der Waals surface area contributed by atoms with Gasteiger partial charge in [-0.1, -0.05) is 0 Å². The Morgan fingerprint density at radius 3 is 3.05 bits per heavy atom. The van der Waals surface area contributed by atoms with Gasteiger partial charge in [-0.3, -0.25) is 14.0 Å². The number of halogens is 1. The zero-order chi connectivity index (χ0) is 13.9. The maximum Gasteiger partial charge on any atom is 0.272 e. The SMILES string of the molecule is Cn1ncc2cc3c(cc21)OCc1ncc(Br)c(=O)n1-3. The summed E-state index contributed by atoms with van der Waals surface area (Å²) in [6, 6.07) is 3.80. The molecule has 0 fully saturated rings. The fourth-order valence-corrected chi connectivity index (χ4v) is 2.70. The van der Waals surface area contributed by atoms with Crippen molar-refractivity contribution < 1.29 is 4.74 Å². The summed E-state index contributed by atoms with van der Waals surface area (Å²) in [4.78, 5) is 16.6. The summed E-state index contributed by atoms with van der Waals surface area (Å²) in [7, 11) is 1.87. The van der Waals surface area contributed by atoms with Crippen LogP contribution in [0.15, 0.2) is 33.8 Å². The van der Waals surface area contributed by atoms with Crippen LogP contribution < -0.4 is 10.3 Å². The highest BCUT2D eigenvalue weighted by Crippen LogP contribution is 2.32. The zero-order valence-electron chi connectivity index (χ0n) is 10.5. The van der Waals surface area contributed by atoms with Crippen molar-refractivity contribution in [3.8, 4) is 11.4 Å². The van der Waals surface area contributed by atoms with E-state index in [1.807, 2.05) is 19.2 Å². The molecule has 3 aromatic rings. The van der Waals surface area contributed by atoms with Crippen LogP contribution in [-0.4, -0.2) is 19.3 Å². The molecular formula is C13H9BrN4O2. The second-order valence-corrected chi connectivity index (χ2v) is 5.45. The monoisotopic (exact) mass is 332 g/mol. The zero-order valence-corrected chi connectivity index (χ0v) is 12.1. The summed E-state index contributed by atoms with van der Waals surface area (Å²) >= 11 is 3.23. The number of hydrogen-bond donors (Lipinski definition) is 0. The Hall–Kier alpha value is -2.15. The van der Waals surface area contributed by atoms with E-state index in [0.717, 1.165) is 10.9 Å². The Labute approximate surface area is 121 Å². The maximum atomic E-state index is 12.3. The minimum Gasteiger partial charge on any atom is -0.483 e. The predicted octanol–water partition coefficient (Wildman–Crippen LogP) is 1.77. The summed E-state index contributed by atoms with van der Waals surface area (Å²) in [5.41, 5.74) is 1.52. The van der Waals surface area contributed by atoms with E-state index >= 15 is 0 Å². The van der Waals surface area contributed by atoms with Crippen molar-refractivity contribution in [3.63, 3.8) is 0 Å². The Balaban J connectivity index is 2.11. The third-order valence-corrected chi connectivity index (χ3v) is 3.96. The van der Waals surface area contributed by atoms with Crippen LogP contribution in [0.3, 0.4) is 0 Å². The average Bonchev–Trinajstić information content (AvgIpc) is 2.81. The first-order valence-corrected chi connectivity index (χ1v) is 6.80. The van der Waals surface area contributed by atoms with Crippen LogP contribution in [0.1, 0.15) is 5.82 Å². The standard InChI is InChI=1S/C13H9BrN4O2/c1-17-9-3-11-10(2-7(9)4-16-17)18-12(6-20-11)15-5-8(14)13(18)19/h2-5H,6H2,1H3. The number of hydrogen-bond acceptors (Lipinski definition) is 4. The van der Waals surface area contributed by atoms with Gasteiger partial charge in [-0.15, -0.1) is 0 Å². The van der Waals surface area contributed by atoms with Gasteiger partial charge in [0.1, 0.15) is 16.8 Å². The molecule has 0 radical (unpaired) electrons. The highest BCUT2D eigenvalue weighted by molar-refractivity contribution is 9.10. The third-order valence-electron chi connectivity index (χ3n) is 3.42. The molecule has 1 aliphatic rings. The molecule has 2 aromatic heterocycles. The molecule has 0 N–H and O–H groups in total. The minimum absolute atomic E-state index is 0.136. The number of benzene rings is 1. The predicted molar refractivity (Wildman–Crippen MR) is 76.1 cm³/mol. The van der Waals surface area contributed by atoms with Gasteiger partial charge >= 0.3 is 0 Å². The Morgan fingerprint density at radius 2 is 2.20 bits per heavy atom. The first-order chi connectivity index (χ1) is 9.65. The molecule has 1 aromatic carbocycles. The number of fused-ring (bicyclic) bond motifs is 4. The highest BCUT2D eigenvalue weighted by Gasteiger charge is 2.21. The van der Waals surface area contributed by atoms with Crippen LogP contribution >= 0.6 is 15.9 Å². The van der Waals surface area contributed by atoms with Gasteiger partial charge in [-0.2, -0.15) is 5.10 Å². The number of aryl methyl sites for hydroxylation is 1. The van der Waals surface area contributed by atoms with Crippen molar-refractivity contribution in [2.75, 3.05) is 0 Å². The van der Waals surface area contributed by atoms with E-state index in [1.165, 1.54) is 6.20 Å².